The second-order valence-electron chi connectivity index (χ2n) is 33.9. The lowest BCUT2D eigenvalue weighted by Crippen LogP contribution is -2.61. The normalized spacial score (nSPS) is 24.6. The smallest absolute Gasteiger partial charge is 0.323 e. The molecule has 15 atom stereocenters. The number of rotatable bonds is 28. The number of nitrogens with zero attached hydrogens (tertiary/aromatic N) is 6. The first-order valence-corrected chi connectivity index (χ1v) is 45.9. The molecule has 0 saturated carbocycles. The zero-order chi connectivity index (χ0) is 100. The average Bonchev–Trinajstić information content (AvgIpc) is 1.75. The molecular formula is C89H123N21O25S. The summed E-state index contributed by atoms with van der Waals surface area (Å²) in [5.74, 6) is -23.4. The van der Waals surface area contributed by atoms with Crippen molar-refractivity contribution >= 4 is 152 Å². The third-order valence-electron chi connectivity index (χ3n) is 24.0. The minimum atomic E-state index is -1.96. The van der Waals surface area contributed by atoms with Crippen LogP contribution in [0.4, 0.5) is 0 Å². The predicted octanol–water partition coefficient (Wildman–Crippen LogP) is -4.60. The van der Waals surface area contributed by atoms with E-state index in [1.54, 1.807) is 68.6 Å². The predicted molar refractivity (Wildman–Crippen MR) is 490 cm³/mol. The first-order chi connectivity index (χ1) is 64.6. The van der Waals surface area contributed by atoms with Gasteiger partial charge in [0.1, 0.15) is 96.9 Å². The highest BCUT2D eigenvalue weighted by Gasteiger charge is 2.47. The molecule has 0 radical (unpaired) electrons. The molecule has 740 valence electrons. The number of thioether (sulfide) groups is 1. The Morgan fingerprint density at radius 3 is 1.71 bits per heavy atom. The van der Waals surface area contributed by atoms with Crippen molar-refractivity contribution in [1.82, 2.24) is 87.2 Å². The van der Waals surface area contributed by atoms with Crippen LogP contribution in [0.2, 0.25) is 0 Å². The lowest BCUT2D eigenvalue weighted by molar-refractivity contribution is -0.149. The molecule has 47 heteroatoms. The molecule has 8 rings (SSSR count). The molecule has 0 spiro atoms. The number of H-pyrrole nitrogens is 1. The van der Waals surface area contributed by atoms with E-state index in [4.69, 9.17) is 22.9 Å². The van der Waals surface area contributed by atoms with Crippen LogP contribution in [0.15, 0.2) is 85.2 Å². The minimum Gasteiger partial charge on any atom is -0.508 e. The Bertz CT molecular complexity index is 5210. The van der Waals surface area contributed by atoms with E-state index in [0.29, 0.717) is 63.1 Å². The van der Waals surface area contributed by atoms with Crippen molar-refractivity contribution in [3.8, 4) is 5.75 Å². The van der Waals surface area contributed by atoms with Gasteiger partial charge in [-0.05, 0) is 99.4 Å². The van der Waals surface area contributed by atoms with Gasteiger partial charge >= 0.3 is 17.9 Å². The van der Waals surface area contributed by atoms with Gasteiger partial charge in [-0.15, -0.1) is 11.8 Å². The number of phenols is 1. The Kier molecular flexibility index (Phi) is 40.3. The fraction of sp³-hybridized carbons (Fsp3) is 0.528. The summed E-state index contributed by atoms with van der Waals surface area (Å²) in [4.78, 5) is 294. The maximum atomic E-state index is 15.9. The number of aliphatic carboxylic acids is 3. The third kappa shape index (κ3) is 29.8. The highest BCUT2D eigenvalue weighted by molar-refractivity contribution is 8.00. The second-order valence-corrected chi connectivity index (χ2v) is 34.9. The molecule has 0 unspecified atom stereocenters. The number of aliphatic hydroxyl groups is 1. The summed E-state index contributed by atoms with van der Waals surface area (Å²) in [6.45, 7) is 1.54. The number of likely N-dealkylation sites (N-methyl/N-ethyl adjacent to an activating group) is 3. The Morgan fingerprint density at radius 1 is 0.515 bits per heavy atom. The fourth-order valence-corrected chi connectivity index (χ4v) is 17.3. The largest absolute Gasteiger partial charge is 0.508 e. The molecule has 3 fully saturated rings. The number of aromatic hydroxyl groups is 1. The number of primary amides is 2. The molecule has 3 aromatic carbocycles. The number of nitrogens with one attached hydrogen (secondary N) is 11. The standard InChI is InChI=1S/C89H123N21O25S/c1-7-9-19-66-82(128)98-56(28-30-73(116)117)78(124)104-64(77(123)95-41-71(93)114)45-136-46-72(115)96-60(34-48-23-25-51(111)26-24-48)85(131)105(4)47(3)76(122)101-62(38-74(118)119)88(134)109-33-15-22-67(109)83(129)103-63(39-91)81(127)99-58(27-29-70(92)113)87(133)110-43-52(112)37-69(110)84(130)100-59(35-49-40-94-55-18-13-11-16-53(49)55)80(126)97-57(31-32-90)79(125)102-61(86(132)107(6)68(20-10-8-2)89(135)106(66)5)36-50-42-108(44-75(120)121)65-21-14-12-17-54(50)65/h11-14,16-18,21,23-26,40,42,47,52,56-64,66-69,94,111-112H,7-10,15,19-20,22,27-39,41,43-46,90-91H2,1-6H3,(H2,92,113)(H2,93,114)(H,95,123)(H,96,115)(H,97,126)(H,98,128)(H,99,127)(H,100,130)(H,101,122)(H,102,125)(H,103,129)(H,104,124)(H,116,117)(H,118,119)(H,120,121)/t47-,52+,56-,57-,58-,59-,60-,61-,62+,63-,64-,66-,67-,68-,69-/m0/s1. The average molecular weight is 1920 g/mol. The summed E-state index contributed by atoms with van der Waals surface area (Å²) >= 11 is 0.673. The zero-order valence-electron chi connectivity index (χ0n) is 76.4. The number of nitrogens with two attached hydrogens (primary N) is 4. The van der Waals surface area contributed by atoms with Gasteiger partial charge in [0.2, 0.25) is 100 Å². The van der Waals surface area contributed by atoms with E-state index in [-0.39, 0.29) is 76.6 Å². The number of aromatic amines is 1. The van der Waals surface area contributed by atoms with Gasteiger partial charge in [-0.3, -0.25) is 95.9 Å². The number of phenolic OH excluding ortho intramolecular Hbond substituents is 1. The number of carboxylic acid groups (broad SMARTS) is 3. The Labute approximate surface area is 786 Å². The summed E-state index contributed by atoms with van der Waals surface area (Å²) in [6.07, 6.45) is -3.11. The molecule has 3 aliphatic heterocycles. The van der Waals surface area contributed by atoms with Gasteiger partial charge in [0.05, 0.1) is 24.8 Å². The first kappa shape index (κ1) is 108. The number of aromatic nitrogens is 2. The SMILES string of the molecule is CCCC[C@H]1C(=O)N(C)[C@@H](CCCC)C(=O)N[C@@H](CCC(=O)O)C(=O)N[C@H](C(=O)NCC(N)=O)CSCC(=O)N[C@@H](Cc2ccc(O)cc2)C(=O)N(C)[C@@H](C)C(=O)N[C@H](CC(=O)O)C(=O)N2CCC[C@H]2C(=O)N[C@@H](CN)C(=O)N[C@@H](CCC(N)=O)C(=O)N2C[C@H](O)C[C@H]2C(=O)N[C@@H](Cc2c[nH]c3ccccc23)C(=O)N[C@@H](CCN)C(=O)N[C@@H](Cc2cn(CC(=O)O)c3ccccc23)C(=O)N1C. The van der Waals surface area contributed by atoms with E-state index in [1.807, 2.05) is 0 Å². The summed E-state index contributed by atoms with van der Waals surface area (Å²) in [6, 6.07) is -4.84. The highest BCUT2D eigenvalue weighted by atomic mass is 32.2. The minimum absolute atomic E-state index is 0.0962. The zero-order valence-corrected chi connectivity index (χ0v) is 77.2. The van der Waals surface area contributed by atoms with Gasteiger partial charge in [-0.1, -0.05) is 88.1 Å². The van der Waals surface area contributed by atoms with Crippen LogP contribution in [0.5, 0.6) is 5.75 Å². The summed E-state index contributed by atoms with van der Waals surface area (Å²) in [7, 11) is 3.66. The number of aliphatic hydroxyl groups excluding tert-OH is 1. The van der Waals surface area contributed by atoms with Crippen LogP contribution < -0.4 is 76.1 Å². The number of hydrogen-bond acceptors (Lipinski definition) is 25. The molecule has 0 aliphatic carbocycles. The molecule has 136 heavy (non-hydrogen) atoms. The number of carbonyl (C=O) groups excluding carboxylic acids is 17. The second kappa shape index (κ2) is 51.0. The van der Waals surface area contributed by atoms with Gasteiger partial charge in [0.15, 0.2) is 0 Å². The van der Waals surface area contributed by atoms with Crippen molar-refractivity contribution in [1.29, 1.82) is 0 Å². The summed E-state index contributed by atoms with van der Waals surface area (Å²) in [5, 5.41) is 78.1. The van der Waals surface area contributed by atoms with E-state index in [1.165, 1.54) is 56.0 Å². The van der Waals surface area contributed by atoms with Crippen LogP contribution in [0.1, 0.15) is 134 Å². The van der Waals surface area contributed by atoms with Crippen LogP contribution in [-0.2, 0) is 122 Å². The van der Waals surface area contributed by atoms with Crippen molar-refractivity contribution < 1.29 is 121 Å². The molecular weight excluding hydrogens is 1800 g/mol. The Morgan fingerprint density at radius 2 is 1.07 bits per heavy atom. The van der Waals surface area contributed by atoms with Crippen LogP contribution in [0.3, 0.4) is 0 Å². The number of unbranched alkanes of at least 4 members (excludes halogenated alkanes) is 2. The highest BCUT2D eigenvalue weighted by Crippen LogP contribution is 2.29. The van der Waals surface area contributed by atoms with E-state index in [2.05, 4.69) is 58.2 Å². The first-order valence-electron chi connectivity index (χ1n) is 44.8. The van der Waals surface area contributed by atoms with Crippen LogP contribution in [0.25, 0.3) is 21.8 Å². The number of para-hydroxylation sites is 2. The third-order valence-corrected chi connectivity index (χ3v) is 25.0. The summed E-state index contributed by atoms with van der Waals surface area (Å²) in [5.41, 5.74) is 25.4. The molecule has 46 nitrogen and oxygen atoms in total. The van der Waals surface area contributed by atoms with E-state index in [0.717, 1.165) is 31.5 Å². The van der Waals surface area contributed by atoms with Crippen molar-refractivity contribution in [3.05, 3.63) is 102 Å². The van der Waals surface area contributed by atoms with Gasteiger partial charge in [-0.25, -0.2) is 0 Å². The number of carbonyl (C=O) groups is 20. The fourth-order valence-electron chi connectivity index (χ4n) is 16.5. The number of benzene rings is 3. The number of hydrogen-bond donors (Lipinski definition) is 20. The molecule has 3 aliphatic rings. The lowest BCUT2D eigenvalue weighted by atomic mass is 9.99. The van der Waals surface area contributed by atoms with Gasteiger partial charge < -0.3 is 136 Å². The molecule has 3 saturated heterocycles. The number of carboxylic acids is 3. The molecule has 5 aromatic rings. The van der Waals surface area contributed by atoms with Crippen LogP contribution in [-0.4, -0.2) is 334 Å². The molecule has 24 N–H and O–H groups in total. The lowest BCUT2D eigenvalue weighted by Gasteiger charge is -2.36. The summed E-state index contributed by atoms with van der Waals surface area (Å²) < 4.78 is 1.40. The van der Waals surface area contributed by atoms with Crippen molar-refractivity contribution in [2.24, 2.45) is 22.9 Å². The Hall–Kier alpha value is -13.8. The molecule has 5 heterocycles. The van der Waals surface area contributed by atoms with Crippen LogP contribution in [0, 0.1) is 0 Å². The number of fused-ring (bicyclic) bond motifs is 4. The maximum Gasteiger partial charge on any atom is 0.323 e. The van der Waals surface area contributed by atoms with Crippen LogP contribution >= 0.6 is 11.8 Å². The van der Waals surface area contributed by atoms with Crippen molar-refractivity contribution in [2.45, 2.75) is 234 Å². The van der Waals surface area contributed by atoms with E-state index in [9.17, 15) is 87.9 Å². The van der Waals surface area contributed by atoms with Crippen molar-refractivity contribution in [3.63, 3.8) is 0 Å². The molecule has 2 aromatic heterocycles. The quantitative estimate of drug-likeness (QED) is 0.0224. The number of amides is 17. The topological polar surface area (TPSA) is 704 Å². The van der Waals surface area contributed by atoms with Crippen molar-refractivity contribution in [2.75, 3.05) is 65.4 Å². The maximum absolute atomic E-state index is 15.9. The van der Waals surface area contributed by atoms with Gasteiger partial charge in [-0.2, -0.15) is 0 Å². The van der Waals surface area contributed by atoms with E-state index < -0.39 is 292 Å². The molecule has 17 amide bonds. The van der Waals surface area contributed by atoms with E-state index >= 15 is 33.6 Å². The molecule has 0 bridgehead atoms. The monoisotopic (exact) mass is 1920 g/mol. The van der Waals surface area contributed by atoms with Gasteiger partial charge in [0.25, 0.3) is 0 Å². The Balaban J connectivity index is 1.21. The van der Waals surface area contributed by atoms with Gasteiger partial charge in [0, 0.05) is 119 Å².